The quantitative estimate of drug-likeness (QED) is 0.388. The second-order valence-corrected chi connectivity index (χ2v) is 10.6. The number of hydrogen-bond acceptors (Lipinski definition) is 1. The fourth-order valence-corrected chi connectivity index (χ4v) is 6.87. The van der Waals surface area contributed by atoms with Crippen molar-refractivity contribution in [3.05, 3.63) is 69.2 Å². The minimum atomic E-state index is -1.03. The molecule has 0 heterocycles. The number of unbranched alkanes of at least 4 members (excludes halogenated alkanes) is 3. The van der Waals surface area contributed by atoms with Gasteiger partial charge in [0.15, 0.2) is 0 Å². The van der Waals surface area contributed by atoms with Crippen LogP contribution in [0.4, 0.5) is 0 Å². The fourth-order valence-electron chi connectivity index (χ4n) is 2.36. The number of rotatable bonds is 9. The number of hydrogen-bond donors (Lipinski definition) is 0. The molecule has 0 radical (unpaired) electrons. The summed E-state index contributed by atoms with van der Waals surface area (Å²) in [6, 6.07) is 18.7. The van der Waals surface area contributed by atoms with E-state index in [0.29, 0.717) is 0 Å². The van der Waals surface area contributed by atoms with Crippen LogP contribution in [-0.2, 0) is 10.8 Å². The summed E-state index contributed by atoms with van der Waals surface area (Å²) in [7, 11) is -1.03. The second-order valence-electron chi connectivity index (χ2n) is 5.92. The molecule has 2 rings (SSSR count). The Morgan fingerprint density at radius 1 is 1.00 bits per heavy atom. The Labute approximate surface area is 159 Å². The van der Waals surface area contributed by atoms with Crippen LogP contribution in [0, 0.1) is 6.92 Å². The van der Waals surface area contributed by atoms with Gasteiger partial charge in [-0.15, -0.1) is 0 Å². The first-order chi connectivity index (χ1) is 11.7. The first kappa shape index (κ1) is 19.4. The third-order valence-electron chi connectivity index (χ3n) is 3.76. The van der Waals surface area contributed by atoms with E-state index >= 15 is 0 Å². The third-order valence-corrected chi connectivity index (χ3v) is 8.58. The van der Waals surface area contributed by atoms with Gasteiger partial charge >= 0.3 is 160 Å². The summed E-state index contributed by atoms with van der Waals surface area (Å²) in [4.78, 5) is 0.909. The molecule has 2 aromatic carbocycles. The van der Waals surface area contributed by atoms with E-state index in [0.717, 1.165) is 11.3 Å². The first-order valence-electron chi connectivity index (χ1n) is 8.60. The molecular weight excluding hydrogens is 428 g/mol. The van der Waals surface area contributed by atoms with E-state index in [9.17, 15) is 4.21 Å². The van der Waals surface area contributed by atoms with Gasteiger partial charge in [-0.25, -0.2) is 0 Å². The van der Waals surface area contributed by atoms with E-state index < -0.39 is 31.7 Å². The Morgan fingerprint density at radius 3 is 2.38 bits per heavy atom. The van der Waals surface area contributed by atoms with Crippen LogP contribution in [-0.4, -0.2) is 25.1 Å². The number of benzene rings is 2. The van der Waals surface area contributed by atoms with Crippen LogP contribution < -0.4 is 3.61 Å². The number of allylic oxidation sites excluding steroid dienone is 1. The van der Waals surface area contributed by atoms with E-state index in [2.05, 4.69) is 44.2 Å². The SMILES string of the molecule is CCCCCC/C(=C/S(=O)c1ccc(C)cc1)[Te]c1ccccc1. The van der Waals surface area contributed by atoms with Crippen molar-refractivity contribution in [2.45, 2.75) is 50.8 Å². The van der Waals surface area contributed by atoms with Gasteiger partial charge in [-0.1, -0.05) is 0 Å². The van der Waals surface area contributed by atoms with Crippen molar-refractivity contribution < 1.29 is 4.21 Å². The molecule has 0 aliphatic rings. The fraction of sp³-hybridized carbons (Fsp3) is 0.333. The van der Waals surface area contributed by atoms with Crippen molar-refractivity contribution in [3.63, 3.8) is 0 Å². The molecule has 0 spiro atoms. The summed E-state index contributed by atoms with van der Waals surface area (Å²) in [6.45, 7) is 4.30. The average molecular weight is 454 g/mol. The zero-order valence-corrected chi connectivity index (χ0v) is 17.7. The van der Waals surface area contributed by atoms with Crippen molar-refractivity contribution in [2.75, 3.05) is 0 Å². The summed E-state index contributed by atoms with van der Waals surface area (Å²) < 4.78 is 15.5. The van der Waals surface area contributed by atoms with Crippen molar-refractivity contribution in [1.82, 2.24) is 0 Å². The number of aryl methyl sites for hydroxylation is 1. The minimum absolute atomic E-state index is 0.429. The molecule has 1 nitrogen and oxygen atoms in total. The molecule has 128 valence electrons. The first-order valence-corrected chi connectivity index (χ1v) is 12.1. The van der Waals surface area contributed by atoms with E-state index in [1.165, 1.54) is 38.5 Å². The van der Waals surface area contributed by atoms with Gasteiger partial charge in [-0.05, 0) is 0 Å². The van der Waals surface area contributed by atoms with Crippen LogP contribution in [0.3, 0.4) is 0 Å². The second kappa shape index (κ2) is 10.9. The van der Waals surface area contributed by atoms with Gasteiger partial charge in [0, 0.05) is 0 Å². The molecular formula is C21H26OSTe. The maximum absolute atomic E-state index is 12.7. The standard InChI is InChI=1S/C21H26OSTe/c1-3-4-5-7-12-21(24-20-10-8-6-9-11-20)17-23(22)19-15-13-18(2)14-16-19/h6,8-11,13-17H,3-5,7,12H2,1-2H3/b21-17-. The molecule has 0 saturated heterocycles. The van der Waals surface area contributed by atoms with E-state index in [1.807, 2.05) is 29.7 Å². The van der Waals surface area contributed by atoms with E-state index in [4.69, 9.17) is 0 Å². The average Bonchev–Trinajstić information content (AvgIpc) is 2.60. The molecule has 24 heavy (non-hydrogen) atoms. The zero-order valence-electron chi connectivity index (χ0n) is 14.5. The Balaban J connectivity index is 2.10. The zero-order chi connectivity index (χ0) is 17.2. The molecule has 0 bridgehead atoms. The molecule has 1 atom stereocenters. The maximum atomic E-state index is 12.7. The van der Waals surface area contributed by atoms with Gasteiger partial charge in [0.25, 0.3) is 0 Å². The third kappa shape index (κ3) is 6.93. The van der Waals surface area contributed by atoms with Crippen molar-refractivity contribution in [3.8, 4) is 0 Å². The van der Waals surface area contributed by atoms with Crippen LogP contribution >= 0.6 is 0 Å². The summed E-state index contributed by atoms with van der Waals surface area (Å²) in [6.07, 6.45) is 6.12. The van der Waals surface area contributed by atoms with Gasteiger partial charge in [0.1, 0.15) is 0 Å². The Morgan fingerprint density at radius 2 is 1.71 bits per heavy atom. The summed E-state index contributed by atoms with van der Waals surface area (Å²) >= 11 is -0.429. The van der Waals surface area contributed by atoms with Crippen molar-refractivity contribution in [1.29, 1.82) is 0 Å². The van der Waals surface area contributed by atoms with Gasteiger partial charge < -0.3 is 0 Å². The predicted molar refractivity (Wildman–Crippen MR) is 106 cm³/mol. The van der Waals surface area contributed by atoms with E-state index in [1.54, 1.807) is 0 Å². The summed E-state index contributed by atoms with van der Waals surface area (Å²) in [5, 5.41) is 2.03. The molecule has 0 saturated carbocycles. The molecule has 0 aliphatic carbocycles. The van der Waals surface area contributed by atoms with Crippen LogP contribution in [0.2, 0.25) is 0 Å². The molecule has 0 aliphatic heterocycles. The van der Waals surface area contributed by atoms with Crippen LogP contribution in [0.15, 0.2) is 68.5 Å². The predicted octanol–water partition coefficient (Wildman–Crippen LogP) is 4.94. The topological polar surface area (TPSA) is 17.1 Å². The molecule has 0 N–H and O–H groups in total. The molecule has 0 fully saturated rings. The van der Waals surface area contributed by atoms with Gasteiger partial charge in [0.2, 0.25) is 0 Å². The Bertz CT molecular complexity index is 662. The molecule has 0 amide bonds. The monoisotopic (exact) mass is 456 g/mol. The van der Waals surface area contributed by atoms with Crippen molar-refractivity contribution in [2.24, 2.45) is 0 Å². The molecule has 3 heteroatoms. The van der Waals surface area contributed by atoms with Gasteiger partial charge in [0.05, 0.1) is 0 Å². The molecule has 0 aromatic heterocycles. The Hall–Kier alpha value is -0.880. The van der Waals surface area contributed by atoms with Gasteiger partial charge in [-0.2, -0.15) is 0 Å². The Kier molecular flexibility index (Phi) is 8.81. The van der Waals surface area contributed by atoms with Crippen LogP contribution in [0.1, 0.15) is 44.6 Å². The summed E-state index contributed by atoms with van der Waals surface area (Å²) in [5.74, 6) is 0. The van der Waals surface area contributed by atoms with Crippen LogP contribution in [0.25, 0.3) is 0 Å². The molecule has 2 aromatic rings. The molecule has 1 unspecified atom stereocenters. The van der Waals surface area contributed by atoms with Crippen molar-refractivity contribution >= 4 is 35.3 Å². The normalized spacial score (nSPS) is 13.0. The summed E-state index contributed by atoms with van der Waals surface area (Å²) in [5.41, 5.74) is 1.21. The van der Waals surface area contributed by atoms with Crippen LogP contribution in [0.5, 0.6) is 0 Å². The van der Waals surface area contributed by atoms with Gasteiger partial charge in [-0.3, -0.25) is 0 Å². The van der Waals surface area contributed by atoms with E-state index in [-0.39, 0.29) is 0 Å².